The number of carbonyl (C=O) groups excluding carboxylic acids is 1. The molecule has 2 heterocycles. The second kappa shape index (κ2) is 9.36. The van der Waals surface area contributed by atoms with E-state index in [-0.39, 0.29) is 5.91 Å². The number of benzene rings is 1. The van der Waals surface area contributed by atoms with E-state index in [2.05, 4.69) is 37.2 Å². The van der Waals surface area contributed by atoms with E-state index in [1.165, 1.54) is 5.69 Å². The SMILES string of the molecule is COCCNC(=O)c1cc(N2CCN(c3ccc(OC)cc3)CC2)nc(C)n1. The van der Waals surface area contributed by atoms with Gasteiger partial charge in [0.2, 0.25) is 0 Å². The lowest BCUT2D eigenvalue weighted by molar-refractivity contribution is 0.0931. The van der Waals surface area contributed by atoms with Crippen molar-refractivity contribution >= 4 is 17.4 Å². The number of hydrogen-bond acceptors (Lipinski definition) is 7. The molecule has 3 rings (SSSR count). The van der Waals surface area contributed by atoms with Crippen LogP contribution in [0.4, 0.5) is 11.5 Å². The minimum absolute atomic E-state index is 0.208. The Morgan fingerprint density at radius 2 is 1.75 bits per heavy atom. The summed E-state index contributed by atoms with van der Waals surface area (Å²) in [6, 6.07) is 9.86. The Morgan fingerprint density at radius 1 is 1.07 bits per heavy atom. The first-order chi connectivity index (χ1) is 13.6. The number of piperazine rings is 1. The molecule has 0 unspecified atom stereocenters. The van der Waals surface area contributed by atoms with Crippen LogP contribution in [0.3, 0.4) is 0 Å². The molecule has 0 bridgehead atoms. The normalized spacial score (nSPS) is 14.1. The fraction of sp³-hybridized carbons (Fsp3) is 0.450. The van der Waals surface area contributed by atoms with Crippen molar-refractivity contribution < 1.29 is 14.3 Å². The highest BCUT2D eigenvalue weighted by Crippen LogP contribution is 2.22. The zero-order valence-electron chi connectivity index (χ0n) is 16.6. The lowest BCUT2D eigenvalue weighted by atomic mass is 10.2. The number of methoxy groups -OCH3 is 2. The maximum atomic E-state index is 12.3. The molecule has 1 saturated heterocycles. The van der Waals surface area contributed by atoms with Crippen molar-refractivity contribution in [2.75, 3.05) is 63.4 Å². The number of amides is 1. The summed E-state index contributed by atoms with van der Waals surface area (Å²) in [4.78, 5) is 25.6. The second-order valence-electron chi connectivity index (χ2n) is 6.58. The van der Waals surface area contributed by atoms with Gasteiger partial charge < -0.3 is 24.6 Å². The van der Waals surface area contributed by atoms with Gasteiger partial charge in [-0.25, -0.2) is 9.97 Å². The highest BCUT2D eigenvalue weighted by atomic mass is 16.5. The molecule has 1 aliphatic heterocycles. The summed E-state index contributed by atoms with van der Waals surface area (Å²) in [6.07, 6.45) is 0. The number of carbonyl (C=O) groups is 1. The summed E-state index contributed by atoms with van der Waals surface area (Å²) >= 11 is 0. The standard InChI is InChI=1S/C20H27N5O3/c1-15-22-18(20(26)21-8-13-27-2)14-19(23-15)25-11-9-24(10-12-25)16-4-6-17(28-3)7-5-16/h4-7,14H,8-13H2,1-3H3,(H,21,26). The molecule has 0 atom stereocenters. The zero-order valence-corrected chi connectivity index (χ0v) is 16.6. The van der Waals surface area contributed by atoms with Crippen LogP contribution in [0.1, 0.15) is 16.3 Å². The Kier molecular flexibility index (Phi) is 6.65. The van der Waals surface area contributed by atoms with Gasteiger partial charge in [-0.1, -0.05) is 0 Å². The number of rotatable bonds is 7. The van der Waals surface area contributed by atoms with E-state index in [9.17, 15) is 4.79 Å². The van der Waals surface area contributed by atoms with Gasteiger partial charge in [0.25, 0.3) is 5.91 Å². The van der Waals surface area contributed by atoms with Gasteiger partial charge in [0.05, 0.1) is 13.7 Å². The number of nitrogens with zero attached hydrogens (tertiary/aromatic N) is 4. The molecule has 1 fully saturated rings. The van der Waals surface area contributed by atoms with Crippen LogP contribution in [0.2, 0.25) is 0 Å². The Balaban J connectivity index is 1.64. The minimum atomic E-state index is -0.208. The van der Waals surface area contributed by atoms with Crippen LogP contribution in [-0.2, 0) is 4.74 Å². The van der Waals surface area contributed by atoms with Crippen LogP contribution >= 0.6 is 0 Å². The Labute approximate surface area is 165 Å². The first-order valence-electron chi connectivity index (χ1n) is 9.37. The fourth-order valence-corrected chi connectivity index (χ4v) is 3.17. The predicted molar refractivity (Wildman–Crippen MR) is 108 cm³/mol. The number of aromatic nitrogens is 2. The maximum absolute atomic E-state index is 12.3. The zero-order chi connectivity index (χ0) is 19.9. The molecule has 8 nitrogen and oxygen atoms in total. The molecular formula is C20H27N5O3. The molecule has 8 heteroatoms. The van der Waals surface area contributed by atoms with Crippen LogP contribution in [-0.4, -0.2) is 69.4 Å². The first kappa shape index (κ1) is 19.9. The third-order valence-electron chi connectivity index (χ3n) is 4.69. The molecule has 150 valence electrons. The van der Waals surface area contributed by atoms with Gasteiger partial charge in [-0.15, -0.1) is 0 Å². The van der Waals surface area contributed by atoms with Gasteiger partial charge in [0.1, 0.15) is 23.1 Å². The molecule has 2 aromatic rings. The Bertz CT molecular complexity index is 789. The monoisotopic (exact) mass is 385 g/mol. The summed E-state index contributed by atoms with van der Waals surface area (Å²) in [5.41, 5.74) is 1.56. The predicted octanol–water partition coefficient (Wildman–Crippen LogP) is 1.50. The van der Waals surface area contributed by atoms with E-state index in [1.807, 2.05) is 19.1 Å². The molecule has 1 N–H and O–H groups in total. The first-order valence-corrected chi connectivity index (χ1v) is 9.37. The van der Waals surface area contributed by atoms with E-state index in [0.29, 0.717) is 24.7 Å². The highest BCUT2D eigenvalue weighted by molar-refractivity contribution is 5.92. The molecule has 0 aliphatic carbocycles. The fourth-order valence-electron chi connectivity index (χ4n) is 3.17. The lowest BCUT2D eigenvalue weighted by Crippen LogP contribution is -2.47. The van der Waals surface area contributed by atoms with E-state index in [1.54, 1.807) is 20.3 Å². The largest absolute Gasteiger partial charge is 0.497 e. The Hall–Kier alpha value is -2.87. The van der Waals surface area contributed by atoms with Crippen molar-refractivity contribution in [3.05, 3.63) is 41.9 Å². The topological polar surface area (TPSA) is 79.8 Å². The van der Waals surface area contributed by atoms with Crippen LogP contribution in [0.5, 0.6) is 5.75 Å². The van der Waals surface area contributed by atoms with Crippen molar-refractivity contribution in [3.8, 4) is 5.75 Å². The maximum Gasteiger partial charge on any atom is 0.270 e. The lowest BCUT2D eigenvalue weighted by Gasteiger charge is -2.36. The average Bonchev–Trinajstić information content (AvgIpc) is 2.73. The average molecular weight is 385 g/mol. The Morgan fingerprint density at radius 3 is 2.39 bits per heavy atom. The van der Waals surface area contributed by atoms with E-state index >= 15 is 0 Å². The van der Waals surface area contributed by atoms with Gasteiger partial charge in [-0.05, 0) is 31.2 Å². The summed E-state index contributed by atoms with van der Waals surface area (Å²) in [5.74, 6) is 2.03. The minimum Gasteiger partial charge on any atom is -0.497 e. The van der Waals surface area contributed by atoms with Crippen molar-refractivity contribution in [3.63, 3.8) is 0 Å². The molecule has 1 aromatic heterocycles. The molecule has 1 aromatic carbocycles. The van der Waals surface area contributed by atoms with Gasteiger partial charge >= 0.3 is 0 Å². The van der Waals surface area contributed by atoms with Crippen molar-refractivity contribution in [1.29, 1.82) is 0 Å². The molecule has 0 saturated carbocycles. The molecule has 28 heavy (non-hydrogen) atoms. The second-order valence-corrected chi connectivity index (χ2v) is 6.58. The molecular weight excluding hydrogens is 358 g/mol. The van der Waals surface area contributed by atoms with Crippen LogP contribution in [0, 0.1) is 6.92 Å². The third-order valence-corrected chi connectivity index (χ3v) is 4.69. The van der Waals surface area contributed by atoms with Crippen molar-refractivity contribution in [2.45, 2.75) is 6.92 Å². The summed E-state index contributed by atoms with van der Waals surface area (Å²) < 4.78 is 10.2. The molecule has 1 amide bonds. The number of nitrogens with one attached hydrogen (secondary N) is 1. The molecule has 1 aliphatic rings. The smallest absolute Gasteiger partial charge is 0.270 e. The van der Waals surface area contributed by atoms with Crippen LogP contribution in [0.25, 0.3) is 0 Å². The molecule has 0 radical (unpaired) electrons. The summed E-state index contributed by atoms with van der Waals surface area (Å²) in [7, 11) is 3.27. The summed E-state index contributed by atoms with van der Waals surface area (Å²) in [6.45, 7) is 6.14. The summed E-state index contributed by atoms with van der Waals surface area (Å²) in [5, 5.41) is 2.80. The van der Waals surface area contributed by atoms with Crippen molar-refractivity contribution in [2.24, 2.45) is 0 Å². The van der Waals surface area contributed by atoms with E-state index in [4.69, 9.17) is 9.47 Å². The number of aryl methyl sites for hydroxylation is 1. The van der Waals surface area contributed by atoms with Gasteiger partial charge in [0.15, 0.2) is 0 Å². The van der Waals surface area contributed by atoms with Gasteiger partial charge in [-0.2, -0.15) is 0 Å². The molecule has 0 spiro atoms. The van der Waals surface area contributed by atoms with Gasteiger partial charge in [0, 0.05) is 51.6 Å². The van der Waals surface area contributed by atoms with Gasteiger partial charge in [-0.3, -0.25) is 4.79 Å². The third kappa shape index (κ3) is 4.89. The van der Waals surface area contributed by atoms with E-state index in [0.717, 1.165) is 37.7 Å². The highest BCUT2D eigenvalue weighted by Gasteiger charge is 2.20. The quantitative estimate of drug-likeness (QED) is 0.724. The van der Waals surface area contributed by atoms with Crippen molar-refractivity contribution in [1.82, 2.24) is 15.3 Å². The number of anilines is 2. The van der Waals surface area contributed by atoms with E-state index < -0.39 is 0 Å². The van der Waals surface area contributed by atoms with Crippen LogP contribution < -0.4 is 19.9 Å². The van der Waals surface area contributed by atoms with Crippen LogP contribution in [0.15, 0.2) is 30.3 Å². The number of ether oxygens (including phenoxy) is 2. The number of hydrogen-bond donors (Lipinski definition) is 1.